The van der Waals surface area contributed by atoms with Gasteiger partial charge in [0.15, 0.2) is 11.5 Å². The highest BCUT2D eigenvalue weighted by Crippen LogP contribution is 2.30. The summed E-state index contributed by atoms with van der Waals surface area (Å²) in [6.45, 7) is 3.06. The lowest BCUT2D eigenvalue weighted by Crippen LogP contribution is -2.30. The summed E-state index contributed by atoms with van der Waals surface area (Å²) in [4.78, 5) is 24.5. The molecule has 0 atom stereocenters. The zero-order valence-electron chi connectivity index (χ0n) is 15.6. The van der Waals surface area contributed by atoms with Gasteiger partial charge < -0.3 is 25.4 Å². The number of nitrogens with one attached hydrogen (secondary N) is 1. The average molecular weight is 351 g/mol. The summed E-state index contributed by atoms with van der Waals surface area (Å²) < 4.78 is 10.6. The van der Waals surface area contributed by atoms with Crippen LogP contribution in [0.2, 0.25) is 0 Å². The summed E-state index contributed by atoms with van der Waals surface area (Å²) in [6.07, 6.45) is 2.96. The summed E-state index contributed by atoms with van der Waals surface area (Å²) in [7, 11) is 5.00. The molecule has 0 heterocycles. The van der Waals surface area contributed by atoms with E-state index in [0.717, 1.165) is 30.4 Å². The number of hydrogen-bond acceptors (Lipinski definition) is 4. The highest BCUT2D eigenvalue weighted by Gasteiger charge is 2.13. The third kappa shape index (κ3) is 6.91. The number of rotatable bonds is 10. The fourth-order valence-electron chi connectivity index (χ4n) is 2.52. The lowest BCUT2D eigenvalue weighted by Gasteiger charge is -2.20. The minimum atomic E-state index is -0.513. The molecular formula is C18H29N3O4. The predicted molar refractivity (Wildman–Crippen MR) is 96.8 cm³/mol. The Labute approximate surface area is 149 Å². The number of unbranched alkanes of at least 4 members (excludes halogenated alkanes) is 2. The Balaban J connectivity index is 2.48. The van der Waals surface area contributed by atoms with Gasteiger partial charge in [0.1, 0.15) is 0 Å². The molecule has 140 valence electrons. The molecule has 0 bridgehead atoms. The van der Waals surface area contributed by atoms with Gasteiger partial charge in [0.25, 0.3) is 0 Å². The van der Waals surface area contributed by atoms with E-state index in [1.54, 1.807) is 26.2 Å². The summed E-state index contributed by atoms with van der Waals surface area (Å²) >= 11 is 0. The van der Waals surface area contributed by atoms with Crippen LogP contribution < -0.4 is 20.5 Å². The maximum absolute atomic E-state index is 12.3. The number of nitrogens with two attached hydrogens (primary N) is 1. The molecule has 0 radical (unpaired) electrons. The number of urea groups is 1. The molecule has 25 heavy (non-hydrogen) atoms. The Morgan fingerprint density at radius 3 is 2.36 bits per heavy atom. The largest absolute Gasteiger partial charge is 0.493 e. The summed E-state index contributed by atoms with van der Waals surface area (Å²) in [5, 5.41) is 2.54. The molecule has 3 amide bonds. The minimum absolute atomic E-state index is 0.0945. The van der Waals surface area contributed by atoms with Gasteiger partial charge in [0.05, 0.1) is 14.2 Å². The Morgan fingerprint density at radius 2 is 1.76 bits per heavy atom. The highest BCUT2D eigenvalue weighted by atomic mass is 16.5. The van der Waals surface area contributed by atoms with E-state index in [9.17, 15) is 9.59 Å². The molecule has 0 saturated carbocycles. The molecule has 7 nitrogen and oxygen atoms in total. The van der Waals surface area contributed by atoms with Crippen molar-refractivity contribution in [3.63, 3.8) is 0 Å². The molecule has 0 spiro atoms. The topological polar surface area (TPSA) is 93.9 Å². The predicted octanol–water partition coefficient (Wildman–Crippen LogP) is 2.20. The molecule has 1 aromatic rings. The number of aryl methyl sites for hydroxylation is 1. The second-order valence-electron chi connectivity index (χ2n) is 5.99. The van der Waals surface area contributed by atoms with Crippen LogP contribution in [0, 0.1) is 6.92 Å². The maximum Gasteiger partial charge on any atom is 0.312 e. The summed E-state index contributed by atoms with van der Waals surface area (Å²) in [5.74, 6) is 1.44. The smallest absolute Gasteiger partial charge is 0.312 e. The Bertz CT molecular complexity index is 590. The molecule has 0 aliphatic heterocycles. The van der Waals surface area contributed by atoms with Crippen LogP contribution in [0.1, 0.15) is 36.8 Å². The third-order valence-electron chi connectivity index (χ3n) is 4.04. The van der Waals surface area contributed by atoms with Gasteiger partial charge in [-0.05, 0) is 43.0 Å². The molecule has 0 aliphatic rings. The zero-order valence-corrected chi connectivity index (χ0v) is 15.6. The van der Waals surface area contributed by atoms with Crippen LogP contribution in [-0.4, -0.2) is 44.7 Å². The lowest BCUT2D eigenvalue weighted by atomic mass is 10.1. The fourth-order valence-corrected chi connectivity index (χ4v) is 2.52. The van der Waals surface area contributed by atoms with E-state index >= 15 is 0 Å². The van der Waals surface area contributed by atoms with Gasteiger partial charge in [-0.15, -0.1) is 0 Å². The van der Waals surface area contributed by atoms with Crippen molar-refractivity contribution in [3.05, 3.63) is 23.3 Å². The first-order chi connectivity index (χ1) is 11.9. The SMILES string of the molecule is COc1cc(C)c(CN(C)C(=O)CCCCCNC(N)=O)cc1OC. The molecule has 3 N–H and O–H groups in total. The quantitative estimate of drug-likeness (QED) is 0.632. The molecule has 0 saturated heterocycles. The van der Waals surface area contributed by atoms with Gasteiger partial charge in [-0.1, -0.05) is 6.42 Å². The van der Waals surface area contributed by atoms with Gasteiger partial charge in [-0.2, -0.15) is 0 Å². The van der Waals surface area contributed by atoms with Crippen LogP contribution in [0.15, 0.2) is 12.1 Å². The van der Waals surface area contributed by atoms with Crippen LogP contribution in [0.4, 0.5) is 4.79 Å². The van der Waals surface area contributed by atoms with E-state index in [1.807, 2.05) is 19.1 Å². The van der Waals surface area contributed by atoms with Crippen LogP contribution >= 0.6 is 0 Å². The summed E-state index contributed by atoms with van der Waals surface area (Å²) in [5.41, 5.74) is 7.07. The standard InChI is InChI=1S/C18H29N3O4/c1-13-10-15(24-3)16(25-4)11-14(13)12-21(2)17(22)8-6-5-7-9-20-18(19)23/h10-11H,5-9,12H2,1-4H3,(H3,19,20,23). The first-order valence-electron chi connectivity index (χ1n) is 8.37. The number of carbonyl (C=O) groups is 2. The first kappa shape index (κ1) is 20.6. The van der Waals surface area contributed by atoms with Crippen molar-refractivity contribution in [1.29, 1.82) is 0 Å². The normalized spacial score (nSPS) is 10.2. The number of benzene rings is 1. The number of amides is 3. The van der Waals surface area contributed by atoms with E-state index in [-0.39, 0.29) is 5.91 Å². The van der Waals surface area contributed by atoms with E-state index in [0.29, 0.717) is 31.0 Å². The van der Waals surface area contributed by atoms with Gasteiger partial charge in [-0.25, -0.2) is 4.79 Å². The van der Waals surface area contributed by atoms with Crippen LogP contribution in [0.3, 0.4) is 0 Å². The molecule has 1 aromatic carbocycles. The van der Waals surface area contributed by atoms with Crippen LogP contribution in [-0.2, 0) is 11.3 Å². The molecule has 1 rings (SSSR count). The Kier molecular flexibility index (Phi) is 8.60. The van der Waals surface area contributed by atoms with Gasteiger partial charge in [0.2, 0.25) is 5.91 Å². The second-order valence-corrected chi connectivity index (χ2v) is 5.99. The lowest BCUT2D eigenvalue weighted by molar-refractivity contribution is -0.130. The zero-order chi connectivity index (χ0) is 18.8. The van der Waals surface area contributed by atoms with Crippen molar-refractivity contribution in [2.24, 2.45) is 5.73 Å². The third-order valence-corrected chi connectivity index (χ3v) is 4.04. The van der Waals surface area contributed by atoms with E-state index in [2.05, 4.69) is 5.32 Å². The van der Waals surface area contributed by atoms with Crippen molar-refractivity contribution in [2.45, 2.75) is 39.2 Å². The van der Waals surface area contributed by atoms with E-state index in [4.69, 9.17) is 15.2 Å². The van der Waals surface area contributed by atoms with E-state index in [1.165, 1.54) is 0 Å². The number of hydrogen-bond donors (Lipinski definition) is 2. The monoisotopic (exact) mass is 351 g/mol. The summed E-state index contributed by atoms with van der Waals surface area (Å²) in [6, 6.07) is 3.31. The van der Waals surface area contributed by atoms with Crippen LogP contribution in [0.5, 0.6) is 11.5 Å². The van der Waals surface area contributed by atoms with Gasteiger partial charge in [-0.3, -0.25) is 4.79 Å². The van der Waals surface area contributed by atoms with E-state index < -0.39 is 6.03 Å². The Hall–Kier alpha value is -2.44. The van der Waals surface area contributed by atoms with Crippen LogP contribution in [0.25, 0.3) is 0 Å². The minimum Gasteiger partial charge on any atom is -0.493 e. The first-order valence-corrected chi connectivity index (χ1v) is 8.37. The van der Waals surface area contributed by atoms with Crippen molar-refractivity contribution < 1.29 is 19.1 Å². The number of nitrogens with zero attached hydrogens (tertiary/aromatic N) is 1. The molecule has 7 heteroatoms. The molecular weight excluding hydrogens is 322 g/mol. The molecule has 0 fully saturated rings. The number of primary amides is 1. The number of ether oxygens (including phenoxy) is 2. The second kappa shape index (κ2) is 10.4. The molecule has 0 unspecified atom stereocenters. The number of methoxy groups -OCH3 is 2. The Morgan fingerprint density at radius 1 is 1.12 bits per heavy atom. The number of carbonyl (C=O) groups excluding carboxylic acids is 2. The van der Waals surface area contributed by atoms with Gasteiger partial charge >= 0.3 is 6.03 Å². The molecule has 0 aromatic heterocycles. The maximum atomic E-state index is 12.3. The van der Waals surface area contributed by atoms with Crippen molar-refractivity contribution in [2.75, 3.05) is 27.8 Å². The van der Waals surface area contributed by atoms with Crippen molar-refractivity contribution in [3.8, 4) is 11.5 Å². The van der Waals surface area contributed by atoms with Crippen molar-refractivity contribution in [1.82, 2.24) is 10.2 Å². The average Bonchev–Trinajstić information content (AvgIpc) is 2.58. The molecule has 0 aliphatic carbocycles. The highest BCUT2D eigenvalue weighted by molar-refractivity contribution is 5.76. The fraction of sp³-hybridized carbons (Fsp3) is 0.556. The van der Waals surface area contributed by atoms with Gasteiger partial charge in [0, 0.05) is 26.6 Å². The van der Waals surface area contributed by atoms with Crippen molar-refractivity contribution >= 4 is 11.9 Å².